The summed E-state index contributed by atoms with van der Waals surface area (Å²) in [4.78, 5) is 22.9. The number of piperidine rings is 1. The molecule has 1 aliphatic rings. The van der Waals surface area contributed by atoms with Crippen LogP contribution in [-0.4, -0.2) is 43.5 Å². The predicted molar refractivity (Wildman–Crippen MR) is 86.3 cm³/mol. The van der Waals surface area contributed by atoms with Crippen molar-refractivity contribution in [3.8, 4) is 0 Å². The second kappa shape index (κ2) is 7.70. The molecule has 2 rings (SSSR count). The molecule has 0 radical (unpaired) electrons. The Morgan fingerprint density at radius 3 is 2.30 bits per heavy atom. The highest BCUT2D eigenvalue weighted by Crippen LogP contribution is 2.20. The van der Waals surface area contributed by atoms with E-state index in [1.54, 1.807) is 30.3 Å². The molecule has 0 saturated carbocycles. The normalized spacial score (nSPS) is 16.9. The van der Waals surface area contributed by atoms with Gasteiger partial charge in [0.15, 0.2) is 0 Å². The highest BCUT2D eigenvalue weighted by atomic mass is 32.2. The first-order valence-corrected chi connectivity index (χ1v) is 9.17. The third kappa shape index (κ3) is 4.87. The molecular weight excluding hydrogens is 316 g/mol. The number of hydrogen-bond acceptors (Lipinski definition) is 4. The average molecular weight is 338 g/mol. The van der Waals surface area contributed by atoms with Crippen molar-refractivity contribution >= 4 is 21.7 Å². The Hall–Kier alpha value is -1.73. The number of sulfonamides is 1. The fraction of sp³-hybridized carbons (Fsp3) is 0.500. The minimum Gasteiger partial charge on any atom is -0.353 e. The number of rotatable bonds is 6. The molecule has 0 spiro atoms. The third-order valence-corrected chi connectivity index (χ3v) is 5.82. The van der Waals surface area contributed by atoms with Crippen molar-refractivity contribution in [3.63, 3.8) is 0 Å². The van der Waals surface area contributed by atoms with E-state index in [4.69, 9.17) is 0 Å². The van der Waals surface area contributed by atoms with E-state index < -0.39 is 10.0 Å². The molecule has 0 unspecified atom stereocenters. The zero-order valence-corrected chi connectivity index (χ0v) is 14.0. The number of Topliss-reactive ketones (excluding diaryl/α,β-unsaturated/α-hetero) is 1. The zero-order valence-electron chi connectivity index (χ0n) is 13.2. The maximum absolute atomic E-state index is 12.5. The first-order valence-electron chi connectivity index (χ1n) is 7.73. The summed E-state index contributed by atoms with van der Waals surface area (Å²) in [6, 6.07) is 8.33. The number of carbonyl (C=O) groups is 2. The molecule has 1 N–H and O–H groups in total. The Balaban J connectivity index is 1.86. The molecule has 1 saturated heterocycles. The van der Waals surface area contributed by atoms with Crippen molar-refractivity contribution in [2.75, 3.05) is 13.1 Å². The van der Waals surface area contributed by atoms with Crippen LogP contribution in [0.5, 0.6) is 0 Å². The molecule has 0 atom stereocenters. The van der Waals surface area contributed by atoms with Gasteiger partial charge in [0.25, 0.3) is 0 Å². The lowest BCUT2D eigenvalue weighted by Crippen LogP contribution is -2.46. The van der Waals surface area contributed by atoms with Crippen LogP contribution in [0.4, 0.5) is 0 Å². The summed E-state index contributed by atoms with van der Waals surface area (Å²) < 4.78 is 26.4. The molecule has 6 nitrogen and oxygen atoms in total. The van der Waals surface area contributed by atoms with Crippen LogP contribution in [0.15, 0.2) is 35.2 Å². The van der Waals surface area contributed by atoms with E-state index in [9.17, 15) is 18.0 Å². The molecule has 1 aromatic rings. The number of nitrogens with one attached hydrogen (secondary N) is 1. The van der Waals surface area contributed by atoms with Gasteiger partial charge in [-0.15, -0.1) is 0 Å². The monoisotopic (exact) mass is 338 g/mol. The number of hydrogen-bond donors (Lipinski definition) is 1. The molecule has 0 aliphatic carbocycles. The van der Waals surface area contributed by atoms with Gasteiger partial charge in [-0.25, -0.2) is 8.42 Å². The predicted octanol–water partition coefficient (Wildman–Crippen LogP) is 1.33. The molecule has 126 valence electrons. The molecule has 0 aromatic heterocycles. The van der Waals surface area contributed by atoms with E-state index in [-0.39, 0.29) is 30.6 Å². The van der Waals surface area contributed by atoms with Crippen LogP contribution in [0.3, 0.4) is 0 Å². The van der Waals surface area contributed by atoms with Crippen LogP contribution >= 0.6 is 0 Å². The maximum atomic E-state index is 12.5. The SMILES string of the molecule is CC(=O)CCC(=O)NC1CCN(S(=O)(=O)c2ccccc2)CC1. The smallest absolute Gasteiger partial charge is 0.243 e. The molecular formula is C16H22N2O4S. The fourth-order valence-electron chi connectivity index (χ4n) is 2.57. The van der Waals surface area contributed by atoms with Crippen molar-refractivity contribution < 1.29 is 18.0 Å². The van der Waals surface area contributed by atoms with E-state index in [1.807, 2.05) is 0 Å². The zero-order chi connectivity index (χ0) is 16.9. The number of nitrogens with zero attached hydrogens (tertiary/aromatic N) is 1. The van der Waals surface area contributed by atoms with Gasteiger partial charge in [0, 0.05) is 32.0 Å². The summed E-state index contributed by atoms with van der Waals surface area (Å²) >= 11 is 0. The number of amides is 1. The number of benzene rings is 1. The fourth-order valence-corrected chi connectivity index (χ4v) is 4.06. The molecule has 1 heterocycles. The van der Waals surface area contributed by atoms with Crippen molar-refractivity contribution in [1.29, 1.82) is 0 Å². The van der Waals surface area contributed by atoms with Crippen LogP contribution < -0.4 is 5.32 Å². The molecule has 7 heteroatoms. The van der Waals surface area contributed by atoms with Crippen LogP contribution in [0, 0.1) is 0 Å². The summed E-state index contributed by atoms with van der Waals surface area (Å²) in [7, 11) is -3.46. The van der Waals surface area contributed by atoms with Crippen molar-refractivity contribution in [3.05, 3.63) is 30.3 Å². The standard InChI is InChI=1S/C16H22N2O4S/c1-13(19)7-8-16(20)17-14-9-11-18(12-10-14)23(21,22)15-5-3-2-4-6-15/h2-6,14H,7-12H2,1H3,(H,17,20). The number of carbonyl (C=O) groups excluding carboxylic acids is 2. The lowest BCUT2D eigenvalue weighted by atomic mass is 10.1. The summed E-state index contributed by atoms with van der Waals surface area (Å²) in [5.74, 6) is -0.159. The second-order valence-electron chi connectivity index (χ2n) is 5.76. The summed E-state index contributed by atoms with van der Waals surface area (Å²) in [6.45, 7) is 2.23. The molecule has 23 heavy (non-hydrogen) atoms. The van der Waals surface area contributed by atoms with E-state index >= 15 is 0 Å². The van der Waals surface area contributed by atoms with Gasteiger partial charge in [-0.3, -0.25) is 4.79 Å². The Labute approximate surface area is 136 Å². The molecule has 1 fully saturated rings. The first-order chi connectivity index (χ1) is 10.9. The first kappa shape index (κ1) is 17.6. The third-order valence-electron chi connectivity index (χ3n) is 3.90. The maximum Gasteiger partial charge on any atom is 0.243 e. The molecule has 1 aromatic carbocycles. The minimum atomic E-state index is -3.46. The van der Waals surface area contributed by atoms with Gasteiger partial charge in [0.05, 0.1) is 4.90 Å². The quantitative estimate of drug-likeness (QED) is 0.848. The summed E-state index contributed by atoms with van der Waals surface area (Å²) in [6.07, 6.45) is 1.60. The lowest BCUT2D eigenvalue weighted by molar-refractivity contribution is -0.125. The Bertz CT molecular complexity index is 650. The highest BCUT2D eigenvalue weighted by molar-refractivity contribution is 7.89. The van der Waals surface area contributed by atoms with E-state index in [0.717, 1.165) is 0 Å². The highest BCUT2D eigenvalue weighted by Gasteiger charge is 2.29. The van der Waals surface area contributed by atoms with Gasteiger partial charge >= 0.3 is 0 Å². The average Bonchev–Trinajstić information content (AvgIpc) is 2.54. The van der Waals surface area contributed by atoms with Gasteiger partial charge < -0.3 is 10.1 Å². The van der Waals surface area contributed by atoms with Crippen molar-refractivity contribution in [1.82, 2.24) is 9.62 Å². The van der Waals surface area contributed by atoms with Gasteiger partial charge in [-0.1, -0.05) is 18.2 Å². The van der Waals surface area contributed by atoms with Gasteiger partial charge in [-0.05, 0) is 31.9 Å². The Kier molecular flexibility index (Phi) is 5.90. The molecule has 1 amide bonds. The minimum absolute atomic E-state index is 0.0103. The van der Waals surface area contributed by atoms with E-state index in [0.29, 0.717) is 30.8 Å². The van der Waals surface area contributed by atoms with Gasteiger partial charge in [0.2, 0.25) is 15.9 Å². The van der Waals surface area contributed by atoms with Crippen molar-refractivity contribution in [2.45, 2.75) is 43.5 Å². The van der Waals surface area contributed by atoms with Crippen LogP contribution in [0.25, 0.3) is 0 Å². The molecule has 1 aliphatic heterocycles. The summed E-state index contributed by atoms with van der Waals surface area (Å²) in [5, 5.41) is 2.87. The van der Waals surface area contributed by atoms with Gasteiger partial charge in [0.1, 0.15) is 5.78 Å². The van der Waals surface area contributed by atoms with Crippen LogP contribution in [0.2, 0.25) is 0 Å². The van der Waals surface area contributed by atoms with Crippen LogP contribution in [0.1, 0.15) is 32.6 Å². The summed E-state index contributed by atoms with van der Waals surface area (Å²) in [5.41, 5.74) is 0. The van der Waals surface area contributed by atoms with E-state index in [2.05, 4.69) is 5.32 Å². The van der Waals surface area contributed by atoms with Crippen LogP contribution in [-0.2, 0) is 19.6 Å². The second-order valence-corrected chi connectivity index (χ2v) is 7.70. The Morgan fingerprint density at radius 1 is 1.13 bits per heavy atom. The van der Waals surface area contributed by atoms with Gasteiger partial charge in [-0.2, -0.15) is 4.31 Å². The largest absolute Gasteiger partial charge is 0.353 e. The topological polar surface area (TPSA) is 83.6 Å². The van der Waals surface area contributed by atoms with Crippen molar-refractivity contribution in [2.24, 2.45) is 0 Å². The number of ketones is 1. The lowest BCUT2D eigenvalue weighted by Gasteiger charge is -2.31. The Morgan fingerprint density at radius 2 is 1.74 bits per heavy atom. The molecule has 0 bridgehead atoms. The van der Waals surface area contributed by atoms with E-state index in [1.165, 1.54) is 11.2 Å².